The largest absolute Gasteiger partial charge is 0.347 e. The molecule has 0 radical (unpaired) electrons. The number of hydrogen-bond donors (Lipinski definition) is 1. The van der Waals surface area contributed by atoms with E-state index in [1.54, 1.807) is 6.20 Å². The third-order valence-electron chi connectivity index (χ3n) is 2.39. The monoisotopic (exact) mass is 262 g/mol. The van der Waals surface area contributed by atoms with Crippen LogP contribution in [0.1, 0.15) is 38.8 Å². The summed E-state index contributed by atoms with van der Waals surface area (Å²) < 4.78 is 0. The molecule has 0 spiro atoms. The lowest BCUT2D eigenvalue weighted by molar-refractivity contribution is 0.543. The van der Waals surface area contributed by atoms with Crippen LogP contribution >= 0.6 is 0 Å². The average Bonchev–Trinajstić information content (AvgIpc) is 2.49. The van der Waals surface area contributed by atoms with Gasteiger partial charge < -0.3 is 10.6 Å². The number of rotatable bonds is 5. The summed E-state index contributed by atoms with van der Waals surface area (Å²) in [5, 5.41) is 0. The van der Waals surface area contributed by atoms with Crippen molar-refractivity contribution in [1.82, 2.24) is 4.90 Å². The molecule has 1 aromatic rings. The van der Waals surface area contributed by atoms with Gasteiger partial charge in [0.1, 0.15) is 0 Å². The zero-order chi connectivity index (χ0) is 15.3. The molecule has 108 valence electrons. The fourth-order valence-corrected chi connectivity index (χ4v) is 1.53. The minimum Gasteiger partial charge on any atom is -0.347 e. The summed E-state index contributed by atoms with van der Waals surface area (Å²) in [7, 11) is 0. The van der Waals surface area contributed by atoms with Crippen molar-refractivity contribution in [1.29, 1.82) is 0 Å². The smallest absolute Gasteiger partial charge is 0.0409 e. The van der Waals surface area contributed by atoms with Crippen LogP contribution < -0.4 is 5.73 Å². The second-order valence-electron chi connectivity index (χ2n) is 3.43. The van der Waals surface area contributed by atoms with Gasteiger partial charge in [-0.15, -0.1) is 0 Å². The molecule has 0 unspecified atom stereocenters. The topological polar surface area (TPSA) is 29.3 Å². The van der Waals surface area contributed by atoms with Gasteiger partial charge >= 0.3 is 0 Å². The van der Waals surface area contributed by atoms with Gasteiger partial charge in [-0.2, -0.15) is 0 Å². The van der Waals surface area contributed by atoms with E-state index in [1.165, 1.54) is 5.56 Å². The Morgan fingerprint density at radius 3 is 2.16 bits per heavy atom. The lowest BCUT2D eigenvalue weighted by Crippen LogP contribution is -2.23. The lowest BCUT2D eigenvalue weighted by atomic mass is 10.1. The van der Waals surface area contributed by atoms with Crippen molar-refractivity contribution < 1.29 is 0 Å². The predicted molar refractivity (Wildman–Crippen MR) is 88.9 cm³/mol. The van der Waals surface area contributed by atoms with Gasteiger partial charge in [-0.3, -0.25) is 0 Å². The van der Waals surface area contributed by atoms with E-state index in [2.05, 4.69) is 32.2 Å². The second kappa shape index (κ2) is 12.9. The Bertz CT molecular complexity index is 356. The van der Waals surface area contributed by atoms with Crippen molar-refractivity contribution in [3.05, 3.63) is 54.8 Å². The highest BCUT2D eigenvalue weighted by Gasteiger charge is 2.07. The molecule has 1 rings (SSSR count). The molecule has 0 aliphatic carbocycles. The molecule has 0 amide bonds. The highest BCUT2D eigenvalue weighted by molar-refractivity contribution is 5.65. The van der Waals surface area contributed by atoms with Gasteiger partial charge in [0, 0.05) is 24.4 Å². The van der Waals surface area contributed by atoms with Gasteiger partial charge in [0.15, 0.2) is 0 Å². The summed E-state index contributed by atoms with van der Waals surface area (Å²) in [4.78, 5) is 1.97. The number of aryl methyl sites for hydroxylation is 1. The van der Waals surface area contributed by atoms with E-state index in [9.17, 15) is 0 Å². The molecule has 2 nitrogen and oxygen atoms in total. The van der Waals surface area contributed by atoms with Crippen LogP contribution in [0.4, 0.5) is 0 Å². The minimum absolute atomic E-state index is 0.594. The van der Waals surface area contributed by atoms with E-state index in [0.717, 1.165) is 17.8 Å². The molecular weight excluding hydrogens is 232 g/mol. The van der Waals surface area contributed by atoms with Crippen LogP contribution in [0.15, 0.2) is 43.6 Å². The Morgan fingerprint density at radius 1 is 1.21 bits per heavy atom. The highest BCUT2D eigenvalue weighted by atomic mass is 15.1. The van der Waals surface area contributed by atoms with Crippen molar-refractivity contribution in [3.8, 4) is 0 Å². The van der Waals surface area contributed by atoms with Crippen LogP contribution in [0.3, 0.4) is 0 Å². The number of nitrogens with zero attached hydrogens (tertiary/aromatic N) is 1. The zero-order valence-corrected chi connectivity index (χ0v) is 13.2. The molecule has 0 bridgehead atoms. The Kier molecular flexibility index (Phi) is 13.4. The van der Waals surface area contributed by atoms with E-state index in [4.69, 9.17) is 5.73 Å². The molecule has 0 saturated carbocycles. The minimum atomic E-state index is 0.594. The summed E-state index contributed by atoms with van der Waals surface area (Å²) in [5.74, 6) is 0. The van der Waals surface area contributed by atoms with Gasteiger partial charge in [-0.1, -0.05) is 65.1 Å². The SMILES string of the molecule is C=CN(CCN)C(=C)c1ccccc1C.CC.CC. The lowest BCUT2D eigenvalue weighted by Gasteiger charge is -2.22. The third-order valence-corrected chi connectivity index (χ3v) is 2.39. The first kappa shape index (κ1) is 19.8. The zero-order valence-electron chi connectivity index (χ0n) is 13.2. The third kappa shape index (κ3) is 6.82. The van der Waals surface area contributed by atoms with E-state index in [0.29, 0.717) is 6.54 Å². The Balaban J connectivity index is 0. The normalized spacial score (nSPS) is 8.32. The van der Waals surface area contributed by atoms with Gasteiger partial charge in [-0.25, -0.2) is 0 Å². The highest BCUT2D eigenvalue weighted by Crippen LogP contribution is 2.20. The summed E-state index contributed by atoms with van der Waals surface area (Å²) >= 11 is 0. The second-order valence-corrected chi connectivity index (χ2v) is 3.43. The van der Waals surface area contributed by atoms with Crippen molar-refractivity contribution in [2.45, 2.75) is 34.6 Å². The fraction of sp³-hybridized carbons (Fsp3) is 0.412. The predicted octanol–water partition coefficient (Wildman–Crippen LogP) is 4.42. The van der Waals surface area contributed by atoms with Crippen molar-refractivity contribution in [2.75, 3.05) is 13.1 Å². The van der Waals surface area contributed by atoms with Crippen LogP contribution in [-0.2, 0) is 0 Å². The number of hydrogen-bond acceptors (Lipinski definition) is 2. The van der Waals surface area contributed by atoms with Crippen LogP contribution in [0.2, 0.25) is 0 Å². The quantitative estimate of drug-likeness (QED) is 0.851. The first-order chi connectivity index (χ1) is 9.20. The molecule has 0 aromatic heterocycles. The number of nitrogens with two attached hydrogens (primary N) is 1. The Hall–Kier alpha value is -1.54. The summed E-state index contributed by atoms with van der Waals surface area (Å²) in [5.41, 5.74) is 8.84. The molecule has 2 N–H and O–H groups in total. The molecule has 0 atom stereocenters. The maximum absolute atomic E-state index is 5.53. The molecule has 2 heteroatoms. The Labute approximate surface area is 119 Å². The summed E-state index contributed by atoms with van der Waals surface area (Å²) in [6.07, 6.45) is 1.77. The maximum atomic E-state index is 5.53. The van der Waals surface area contributed by atoms with E-state index < -0.39 is 0 Å². The van der Waals surface area contributed by atoms with Crippen LogP contribution in [0, 0.1) is 6.92 Å². The van der Waals surface area contributed by atoms with Gasteiger partial charge in [0.05, 0.1) is 0 Å². The van der Waals surface area contributed by atoms with E-state index in [-0.39, 0.29) is 0 Å². The van der Waals surface area contributed by atoms with E-state index in [1.807, 2.05) is 44.7 Å². The molecular formula is C17H30N2. The van der Waals surface area contributed by atoms with Gasteiger partial charge in [-0.05, 0) is 18.7 Å². The van der Waals surface area contributed by atoms with Crippen molar-refractivity contribution >= 4 is 5.70 Å². The fourth-order valence-electron chi connectivity index (χ4n) is 1.53. The molecule has 0 aliphatic rings. The first-order valence-corrected chi connectivity index (χ1v) is 7.05. The molecule has 0 fully saturated rings. The number of benzene rings is 1. The summed E-state index contributed by atoms with van der Waals surface area (Å²) in [6.45, 7) is 19.3. The van der Waals surface area contributed by atoms with Gasteiger partial charge in [0.25, 0.3) is 0 Å². The van der Waals surface area contributed by atoms with Crippen LogP contribution in [-0.4, -0.2) is 18.0 Å². The van der Waals surface area contributed by atoms with Gasteiger partial charge in [0.2, 0.25) is 0 Å². The standard InChI is InChI=1S/C13H18N2.2C2H6/c1-4-15(10-9-14)12(3)13-8-6-5-7-11(13)2;2*1-2/h4-8H,1,3,9-10,14H2,2H3;2*1-2H3. The average molecular weight is 262 g/mol. The first-order valence-electron chi connectivity index (χ1n) is 7.05. The van der Waals surface area contributed by atoms with Crippen LogP contribution in [0.5, 0.6) is 0 Å². The summed E-state index contributed by atoms with van der Waals surface area (Å²) in [6, 6.07) is 8.17. The molecule has 0 aliphatic heterocycles. The molecule has 1 aromatic carbocycles. The van der Waals surface area contributed by atoms with Crippen molar-refractivity contribution in [2.24, 2.45) is 5.73 Å². The molecule has 19 heavy (non-hydrogen) atoms. The maximum Gasteiger partial charge on any atom is 0.0409 e. The van der Waals surface area contributed by atoms with Crippen LogP contribution in [0.25, 0.3) is 5.70 Å². The Morgan fingerprint density at radius 2 is 1.74 bits per heavy atom. The molecule has 0 heterocycles. The van der Waals surface area contributed by atoms with E-state index >= 15 is 0 Å². The van der Waals surface area contributed by atoms with Crippen molar-refractivity contribution in [3.63, 3.8) is 0 Å². The molecule has 0 saturated heterocycles.